The van der Waals surface area contributed by atoms with Crippen LogP contribution in [0, 0.1) is 0 Å². The maximum atomic E-state index is 5.19. The number of hydrogen-bond acceptors (Lipinski definition) is 3. The Morgan fingerprint density at radius 3 is 1.40 bits per heavy atom. The average molecular weight is 790 g/mol. The molecular weight excluding hydrogens is 755 g/mol. The van der Waals surface area contributed by atoms with E-state index in [1.807, 2.05) is 36.4 Å². The number of hydrogen-bond donors (Lipinski definition) is 0. The van der Waals surface area contributed by atoms with Crippen molar-refractivity contribution < 1.29 is 0 Å². The van der Waals surface area contributed by atoms with Gasteiger partial charge in [-0.1, -0.05) is 170 Å². The molecule has 10 aromatic carbocycles. The van der Waals surface area contributed by atoms with Crippen molar-refractivity contribution in [1.82, 2.24) is 24.1 Å². The third-order valence-corrected chi connectivity index (χ3v) is 12.5. The molecule has 3 heterocycles. The molecule has 0 radical (unpaired) electrons. The van der Waals surface area contributed by atoms with Gasteiger partial charge < -0.3 is 9.13 Å². The van der Waals surface area contributed by atoms with Gasteiger partial charge in [-0.3, -0.25) is 0 Å². The molecule has 0 fully saturated rings. The number of nitrogens with zero attached hydrogens (tertiary/aromatic N) is 5. The van der Waals surface area contributed by atoms with E-state index in [4.69, 9.17) is 15.0 Å². The van der Waals surface area contributed by atoms with Crippen LogP contribution in [0.1, 0.15) is 0 Å². The van der Waals surface area contributed by atoms with Gasteiger partial charge in [0.2, 0.25) is 0 Å². The minimum atomic E-state index is 0.616. The maximum absolute atomic E-state index is 5.19. The number of para-hydroxylation sites is 3. The summed E-state index contributed by atoms with van der Waals surface area (Å²) in [6.45, 7) is 0. The van der Waals surface area contributed by atoms with Gasteiger partial charge in [0.05, 0.1) is 27.8 Å². The van der Waals surface area contributed by atoms with Crippen LogP contribution in [0.2, 0.25) is 0 Å². The number of rotatable bonds is 5. The molecule has 3 aromatic heterocycles. The van der Waals surface area contributed by atoms with Gasteiger partial charge in [0, 0.05) is 43.9 Å². The van der Waals surface area contributed by atoms with Crippen molar-refractivity contribution in [2.45, 2.75) is 0 Å². The summed E-state index contributed by atoms with van der Waals surface area (Å²) in [6, 6.07) is 75.7. The summed E-state index contributed by atoms with van der Waals surface area (Å²) in [7, 11) is 0. The third kappa shape index (κ3) is 5.12. The molecule has 0 saturated heterocycles. The third-order valence-electron chi connectivity index (χ3n) is 12.5. The molecule has 0 saturated carbocycles. The van der Waals surface area contributed by atoms with Crippen LogP contribution >= 0.6 is 0 Å². The van der Waals surface area contributed by atoms with Gasteiger partial charge in [-0.05, 0) is 74.8 Å². The van der Waals surface area contributed by atoms with E-state index in [-0.39, 0.29) is 0 Å². The van der Waals surface area contributed by atoms with E-state index >= 15 is 0 Å². The first-order valence-corrected chi connectivity index (χ1v) is 21.0. The minimum Gasteiger partial charge on any atom is -0.309 e. The van der Waals surface area contributed by atoms with Crippen molar-refractivity contribution in [2.24, 2.45) is 0 Å². The lowest BCUT2D eigenvalue weighted by molar-refractivity contribution is 1.06. The lowest BCUT2D eigenvalue weighted by atomic mass is 9.94. The van der Waals surface area contributed by atoms with E-state index in [2.05, 4.69) is 185 Å². The first-order valence-electron chi connectivity index (χ1n) is 21.0. The highest BCUT2D eigenvalue weighted by Gasteiger charge is 2.23. The summed E-state index contributed by atoms with van der Waals surface area (Å²) >= 11 is 0. The molecule has 13 rings (SSSR count). The van der Waals surface area contributed by atoms with Crippen molar-refractivity contribution in [3.63, 3.8) is 0 Å². The SMILES string of the molecule is c1ccc(-c2nc(-c3ccccc3)nc(-c3ccccc3-n3c4ccccc4c4c3ccc3c5ccccc5n(-c5ccc6c7ccccc7c7ccccc7c6c5)c34)n2)cc1. The Labute approximate surface area is 356 Å². The highest BCUT2D eigenvalue weighted by Crippen LogP contribution is 2.44. The van der Waals surface area contributed by atoms with Crippen LogP contribution in [0.5, 0.6) is 0 Å². The fourth-order valence-corrected chi connectivity index (χ4v) is 9.86. The molecule has 0 N–H and O–H groups in total. The molecule has 62 heavy (non-hydrogen) atoms. The summed E-state index contributed by atoms with van der Waals surface area (Å²) < 4.78 is 4.89. The molecular formula is C57H35N5. The topological polar surface area (TPSA) is 48.5 Å². The predicted molar refractivity (Wildman–Crippen MR) is 257 cm³/mol. The van der Waals surface area contributed by atoms with Crippen LogP contribution in [0.4, 0.5) is 0 Å². The van der Waals surface area contributed by atoms with Crippen molar-refractivity contribution >= 4 is 75.9 Å². The Morgan fingerprint density at radius 2 is 0.758 bits per heavy atom. The molecule has 0 unspecified atom stereocenters. The van der Waals surface area contributed by atoms with Gasteiger partial charge in [0.1, 0.15) is 0 Å². The van der Waals surface area contributed by atoms with Crippen molar-refractivity contribution in [2.75, 3.05) is 0 Å². The van der Waals surface area contributed by atoms with E-state index in [1.165, 1.54) is 64.9 Å². The lowest BCUT2D eigenvalue weighted by Gasteiger charge is -2.15. The summed E-state index contributed by atoms with van der Waals surface area (Å²) in [5.74, 6) is 1.88. The van der Waals surface area contributed by atoms with E-state index in [0.717, 1.165) is 39.1 Å². The number of aromatic nitrogens is 5. The standard InChI is InChI=1S/C57H35N5/c1-3-17-36(18-4-1)55-58-56(37-19-5-2-6-20-37)60-57(59-55)47-27-13-16-30-51(47)62-50-29-15-12-26-46(50)53-52(62)34-33-45-44-25-11-14-28-49(44)61(54(45)53)38-31-32-43-41-23-8-7-21-39(41)40-22-9-10-24-42(40)48(43)35-38/h1-35H. The Kier molecular flexibility index (Phi) is 7.54. The van der Waals surface area contributed by atoms with Crippen molar-refractivity contribution in [3.8, 4) is 45.5 Å². The van der Waals surface area contributed by atoms with Gasteiger partial charge >= 0.3 is 0 Å². The number of benzene rings is 10. The molecule has 0 bridgehead atoms. The zero-order valence-electron chi connectivity index (χ0n) is 33.4. The summed E-state index contributed by atoms with van der Waals surface area (Å²) in [6.07, 6.45) is 0. The summed E-state index contributed by atoms with van der Waals surface area (Å²) in [5, 5.41) is 12.4. The van der Waals surface area contributed by atoms with Crippen LogP contribution in [0.3, 0.4) is 0 Å². The molecule has 13 aromatic rings. The lowest BCUT2D eigenvalue weighted by Crippen LogP contribution is -2.03. The van der Waals surface area contributed by atoms with Crippen molar-refractivity contribution in [3.05, 3.63) is 212 Å². The van der Waals surface area contributed by atoms with E-state index in [9.17, 15) is 0 Å². The number of fused-ring (bicyclic) bond motifs is 13. The highest BCUT2D eigenvalue weighted by molar-refractivity contribution is 6.28. The largest absolute Gasteiger partial charge is 0.309 e. The second-order valence-corrected chi connectivity index (χ2v) is 15.9. The van der Waals surface area contributed by atoms with Gasteiger partial charge in [-0.2, -0.15) is 0 Å². The Bertz CT molecular complexity index is 3830. The van der Waals surface area contributed by atoms with Crippen LogP contribution in [0.25, 0.3) is 121 Å². The highest BCUT2D eigenvalue weighted by atomic mass is 15.1. The van der Waals surface area contributed by atoms with Gasteiger partial charge in [-0.25, -0.2) is 15.0 Å². The normalized spacial score (nSPS) is 11.9. The molecule has 0 atom stereocenters. The van der Waals surface area contributed by atoms with E-state index in [0.29, 0.717) is 17.5 Å². The van der Waals surface area contributed by atoms with Gasteiger partial charge in [-0.15, -0.1) is 0 Å². The van der Waals surface area contributed by atoms with Gasteiger partial charge in [0.15, 0.2) is 17.5 Å². The smallest absolute Gasteiger partial charge is 0.166 e. The van der Waals surface area contributed by atoms with Crippen molar-refractivity contribution in [1.29, 1.82) is 0 Å². The first kappa shape index (κ1) is 34.5. The zero-order valence-corrected chi connectivity index (χ0v) is 33.4. The zero-order chi connectivity index (χ0) is 40.7. The Hall–Kier alpha value is -8.41. The molecule has 0 aliphatic heterocycles. The predicted octanol–water partition coefficient (Wildman–Crippen LogP) is 14.5. The Morgan fingerprint density at radius 1 is 0.290 bits per heavy atom. The summed E-state index contributed by atoms with van der Waals surface area (Å²) in [5.41, 5.74) is 9.47. The molecule has 0 aliphatic carbocycles. The molecule has 0 spiro atoms. The van der Waals surface area contributed by atoms with Crippen LogP contribution < -0.4 is 0 Å². The molecule has 288 valence electrons. The average Bonchev–Trinajstić information content (AvgIpc) is 3.87. The quantitative estimate of drug-likeness (QED) is 0.163. The van der Waals surface area contributed by atoms with Gasteiger partial charge in [0.25, 0.3) is 0 Å². The minimum absolute atomic E-state index is 0.616. The first-order chi connectivity index (χ1) is 30.8. The maximum Gasteiger partial charge on any atom is 0.166 e. The molecule has 5 nitrogen and oxygen atoms in total. The van der Waals surface area contributed by atoms with Crippen LogP contribution in [-0.4, -0.2) is 24.1 Å². The Balaban J connectivity index is 1.11. The fraction of sp³-hybridized carbons (Fsp3) is 0. The van der Waals surface area contributed by atoms with E-state index < -0.39 is 0 Å². The van der Waals surface area contributed by atoms with Crippen LogP contribution in [0.15, 0.2) is 212 Å². The molecule has 5 heteroatoms. The van der Waals surface area contributed by atoms with Crippen LogP contribution in [-0.2, 0) is 0 Å². The van der Waals surface area contributed by atoms with E-state index in [1.54, 1.807) is 0 Å². The summed E-state index contributed by atoms with van der Waals surface area (Å²) in [4.78, 5) is 15.4. The fourth-order valence-electron chi connectivity index (χ4n) is 9.86. The molecule has 0 amide bonds. The monoisotopic (exact) mass is 789 g/mol. The second-order valence-electron chi connectivity index (χ2n) is 15.9. The second kappa shape index (κ2) is 13.6. The molecule has 0 aliphatic rings.